The lowest BCUT2D eigenvalue weighted by Crippen LogP contribution is -2.39. The molecule has 0 aliphatic carbocycles. The van der Waals surface area contributed by atoms with Crippen LogP contribution in [0.25, 0.3) is 0 Å². The van der Waals surface area contributed by atoms with Gasteiger partial charge in [-0.3, -0.25) is 4.79 Å². The Morgan fingerprint density at radius 2 is 2.00 bits per heavy atom. The first-order valence-corrected chi connectivity index (χ1v) is 7.36. The lowest BCUT2D eigenvalue weighted by molar-refractivity contribution is -0.122. The van der Waals surface area contributed by atoms with Gasteiger partial charge in [0.15, 0.2) is 11.5 Å². The average Bonchev–Trinajstić information content (AvgIpc) is 2.47. The first kappa shape index (κ1) is 20.5. The Hall–Kier alpha value is -1.46. The number of nitrogens with one attached hydrogen (secondary N) is 1. The van der Waals surface area contributed by atoms with Gasteiger partial charge >= 0.3 is 0 Å². The first-order chi connectivity index (χ1) is 9.99. The molecule has 0 aliphatic heterocycles. The molecular weight excluding hydrogens is 304 g/mol. The van der Waals surface area contributed by atoms with E-state index in [2.05, 4.69) is 12.2 Å². The summed E-state index contributed by atoms with van der Waals surface area (Å²) in [4.78, 5) is 11.6. The molecule has 1 amide bonds. The Labute approximate surface area is 139 Å². The lowest BCUT2D eigenvalue weighted by atomic mass is 10.1. The Bertz CT molecular complexity index is 467. The summed E-state index contributed by atoms with van der Waals surface area (Å²) in [7, 11) is 1.61. The predicted molar refractivity (Wildman–Crippen MR) is 90.9 cm³/mol. The average molecular weight is 331 g/mol. The van der Waals surface area contributed by atoms with Crippen LogP contribution >= 0.6 is 12.4 Å². The molecule has 0 aromatic heterocycles. The topological polar surface area (TPSA) is 73.6 Å². The van der Waals surface area contributed by atoms with Gasteiger partial charge in [0.1, 0.15) is 0 Å². The number of carbonyl (C=O) groups is 1. The van der Waals surface area contributed by atoms with Crippen LogP contribution in [-0.4, -0.2) is 25.7 Å². The highest BCUT2D eigenvalue weighted by Crippen LogP contribution is 2.30. The van der Waals surface area contributed by atoms with Gasteiger partial charge in [-0.25, -0.2) is 0 Å². The van der Waals surface area contributed by atoms with Crippen molar-refractivity contribution in [3.05, 3.63) is 23.8 Å². The number of unbranched alkanes of at least 4 members (excludes halogenated alkanes) is 1. The van der Waals surface area contributed by atoms with Crippen LogP contribution in [0.5, 0.6) is 11.5 Å². The maximum atomic E-state index is 11.6. The summed E-state index contributed by atoms with van der Waals surface area (Å²) in [5.74, 6) is 1.22. The second kappa shape index (κ2) is 10.3. The third kappa shape index (κ3) is 6.12. The molecule has 0 radical (unpaired) electrons. The minimum atomic E-state index is -0.522. The summed E-state index contributed by atoms with van der Waals surface area (Å²) in [5.41, 5.74) is 6.50. The predicted octanol–water partition coefficient (Wildman–Crippen LogP) is 2.82. The smallest absolute Gasteiger partial charge is 0.237 e. The second-order valence-corrected chi connectivity index (χ2v) is 5.13. The van der Waals surface area contributed by atoms with Gasteiger partial charge in [0.05, 0.1) is 25.8 Å². The van der Waals surface area contributed by atoms with Gasteiger partial charge in [0.25, 0.3) is 0 Å². The minimum absolute atomic E-state index is 0. The van der Waals surface area contributed by atoms with Crippen LogP contribution < -0.4 is 20.5 Å². The summed E-state index contributed by atoms with van der Waals surface area (Å²) in [6.45, 7) is 6.36. The minimum Gasteiger partial charge on any atom is -0.493 e. The standard InChI is InChI=1S/C16H26N2O3.ClH/c1-5-6-9-21-14-8-7-13(10-15(14)20-4)12(3)18-16(19)11(2)17;/h7-8,10-12H,5-6,9,17H2,1-4H3,(H,18,19);1H/t11-,12?;/m0./s1. The molecule has 1 unspecified atom stereocenters. The van der Waals surface area contributed by atoms with Crippen molar-refractivity contribution in [2.45, 2.75) is 45.7 Å². The highest BCUT2D eigenvalue weighted by Gasteiger charge is 2.14. The SMILES string of the molecule is CCCCOc1ccc(C(C)NC(=O)[C@H](C)N)cc1OC.Cl. The van der Waals surface area contributed by atoms with Crippen molar-refractivity contribution >= 4 is 18.3 Å². The van der Waals surface area contributed by atoms with Crippen LogP contribution in [0.15, 0.2) is 18.2 Å². The van der Waals surface area contributed by atoms with E-state index in [1.54, 1.807) is 14.0 Å². The number of methoxy groups -OCH3 is 1. The summed E-state index contributed by atoms with van der Waals surface area (Å²) >= 11 is 0. The molecule has 1 rings (SSSR count). The molecule has 5 nitrogen and oxygen atoms in total. The number of rotatable bonds is 8. The number of benzene rings is 1. The van der Waals surface area contributed by atoms with Gasteiger partial charge < -0.3 is 20.5 Å². The molecule has 1 aromatic carbocycles. The maximum Gasteiger partial charge on any atom is 0.237 e. The Morgan fingerprint density at radius 1 is 1.32 bits per heavy atom. The number of ether oxygens (including phenoxy) is 2. The second-order valence-electron chi connectivity index (χ2n) is 5.13. The molecule has 3 N–H and O–H groups in total. The van der Waals surface area contributed by atoms with Crippen LogP contribution in [-0.2, 0) is 4.79 Å². The summed E-state index contributed by atoms with van der Waals surface area (Å²) < 4.78 is 11.0. The van der Waals surface area contributed by atoms with E-state index in [1.807, 2.05) is 25.1 Å². The Kier molecular flexibility index (Phi) is 9.61. The maximum absolute atomic E-state index is 11.6. The summed E-state index contributed by atoms with van der Waals surface area (Å²) in [5, 5.41) is 2.86. The molecule has 22 heavy (non-hydrogen) atoms. The number of halogens is 1. The van der Waals surface area contributed by atoms with E-state index in [9.17, 15) is 4.79 Å². The molecule has 126 valence electrons. The number of carbonyl (C=O) groups excluding carboxylic acids is 1. The van der Waals surface area contributed by atoms with Crippen molar-refractivity contribution < 1.29 is 14.3 Å². The van der Waals surface area contributed by atoms with E-state index in [4.69, 9.17) is 15.2 Å². The lowest BCUT2D eigenvalue weighted by Gasteiger charge is -2.18. The molecule has 0 aliphatic rings. The van der Waals surface area contributed by atoms with E-state index < -0.39 is 6.04 Å². The van der Waals surface area contributed by atoms with E-state index in [0.717, 1.165) is 24.2 Å². The van der Waals surface area contributed by atoms with Crippen LogP contribution in [0.4, 0.5) is 0 Å². The van der Waals surface area contributed by atoms with Crippen molar-refractivity contribution in [2.24, 2.45) is 5.73 Å². The third-order valence-electron chi connectivity index (χ3n) is 3.22. The monoisotopic (exact) mass is 330 g/mol. The van der Waals surface area contributed by atoms with Gasteiger partial charge in [-0.1, -0.05) is 19.4 Å². The Balaban J connectivity index is 0.00000441. The molecule has 0 heterocycles. The van der Waals surface area contributed by atoms with E-state index in [-0.39, 0.29) is 24.4 Å². The molecule has 0 spiro atoms. The molecular formula is C16H27ClN2O3. The van der Waals surface area contributed by atoms with Crippen molar-refractivity contribution in [2.75, 3.05) is 13.7 Å². The highest BCUT2D eigenvalue weighted by atomic mass is 35.5. The van der Waals surface area contributed by atoms with Crippen LogP contribution in [0.1, 0.15) is 45.2 Å². The van der Waals surface area contributed by atoms with Gasteiger partial charge in [0, 0.05) is 0 Å². The van der Waals surface area contributed by atoms with Crippen LogP contribution in [0, 0.1) is 0 Å². The van der Waals surface area contributed by atoms with Crippen molar-refractivity contribution in [1.29, 1.82) is 0 Å². The zero-order chi connectivity index (χ0) is 15.8. The van der Waals surface area contributed by atoms with Gasteiger partial charge in [-0.2, -0.15) is 0 Å². The van der Waals surface area contributed by atoms with E-state index in [0.29, 0.717) is 12.4 Å². The molecule has 0 saturated heterocycles. The van der Waals surface area contributed by atoms with Crippen molar-refractivity contribution in [3.8, 4) is 11.5 Å². The fourth-order valence-corrected chi connectivity index (χ4v) is 1.83. The Morgan fingerprint density at radius 3 is 2.55 bits per heavy atom. The van der Waals surface area contributed by atoms with E-state index >= 15 is 0 Å². The third-order valence-corrected chi connectivity index (χ3v) is 3.22. The summed E-state index contributed by atoms with van der Waals surface area (Å²) in [6.07, 6.45) is 2.09. The van der Waals surface area contributed by atoms with Gasteiger partial charge in [-0.05, 0) is 38.0 Å². The highest BCUT2D eigenvalue weighted by molar-refractivity contribution is 5.85. The molecule has 0 bridgehead atoms. The molecule has 0 saturated carbocycles. The van der Waals surface area contributed by atoms with Crippen LogP contribution in [0.2, 0.25) is 0 Å². The number of amides is 1. The van der Waals surface area contributed by atoms with Crippen LogP contribution in [0.3, 0.4) is 0 Å². The summed E-state index contributed by atoms with van der Waals surface area (Å²) in [6, 6.07) is 5.02. The van der Waals surface area contributed by atoms with Crippen molar-refractivity contribution in [3.63, 3.8) is 0 Å². The molecule has 2 atom stereocenters. The fraction of sp³-hybridized carbons (Fsp3) is 0.562. The first-order valence-electron chi connectivity index (χ1n) is 7.36. The van der Waals surface area contributed by atoms with Crippen molar-refractivity contribution in [1.82, 2.24) is 5.32 Å². The normalized spacial score (nSPS) is 12.8. The number of nitrogens with two attached hydrogens (primary N) is 1. The zero-order valence-electron chi connectivity index (χ0n) is 13.7. The zero-order valence-corrected chi connectivity index (χ0v) is 14.5. The number of hydrogen-bond acceptors (Lipinski definition) is 4. The van der Waals surface area contributed by atoms with Gasteiger partial charge in [-0.15, -0.1) is 12.4 Å². The molecule has 1 aromatic rings. The van der Waals surface area contributed by atoms with E-state index in [1.165, 1.54) is 0 Å². The van der Waals surface area contributed by atoms with Gasteiger partial charge in [0.2, 0.25) is 5.91 Å². The quantitative estimate of drug-likeness (QED) is 0.719. The molecule has 6 heteroatoms. The largest absolute Gasteiger partial charge is 0.493 e. The number of hydrogen-bond donors (Lipinski definition) is 2. The molecule has 0 fully saturated rings. The fourth-order valence-electron chi connectivity index (χ4n) is 1.83.